The molecule has 0 unspecified atom stereocenters. The summed E-state index contributed by atoms with van der Waals surface area (Å²) in [4.78, 5) is 10.7. The van der Waals surface area contributed by atoms with E-state index < -0.39 is 4.92 Å². The maximum absolute atomic E-state index is 11.1. The molecule has 2 N–H and O–H groups in total. The minimum Gasteiger partial charge on any atom is -0.449 e. The first-order chi connectivity index (χ1) is 10.0. The third-order valence-electron chi connectivity index (χ3n) is 3.08. The molecule has 21 heavy (non-hydrogen) atoms. The van der Waals surface area contributed by atoms with Crippen molar-refractivity contribution in [2.45, 2.75) is 19.9 Å². The third kappa shape index (κ3) is 3.51. The molecule has 0 radical (unpaired) electrons. The Bertz CT molecular complexity index is 674. The van der Waals surface area contributed by atoms with Gasteiger partial charge in [-0.25, -0.2) is 0 Å². The van der Waals surface area contributed by atoms with Crippen LogP contribution >= 0.6 is 11.6 Å². The van der Waals surface area contributed by atoms with Crippen LogP contribution in [0, 0.1) is 10.1 Å². The number of ether oxygens (including phenoxy) is 1. The lowest BCUT2D eigenvalue weighted by atomic mass is 10.1. The van der Waals surface area contributed by atoms with Crippen molar-refractivity contribution >= 4 is 17.3 Å². The second-order valence-corrected chi connectivity index (χ2v) is 4.89. The molecule has 0 aliphatic heterocycles. The molecule has 110 valence electrons. The summed E-state index contributed by atoms with van der Waals surface area (Å²) in [5, 5.41) is 11.5. The summed E-state index contributed by atoms with van der Waals surface area (Å²) in [5.74, 6) is 0.529. The molecule has 0 heterocycles. The highest BCUT2D eigenvalue weighted by Gasteiger charge is 2.17. The van der Waals surface area contributed by atoms with Crippen LogP contribution in [-0.4, -0.2) is 4.92 Å². The first kappa shape index (κ1) is 15.3. The molecule has 0 aliphatic carbocycles. The maximum Gasteiger partial charge on any atom is 0.311 e. The highest BCUT2D eigenvalue weighted by molar-refractivity contribution is 6.32. The lowest BCUT2D eigenvalue weighted by Gasteiger charge is -2.10. The van der Waals surface area contributed by atoms with Crippen LogP contribution in [0.4, 0.5) is 5.69 Å². The van der Waals surface area contributed by atoms with E-state index in [9.17, 15) is 10.1 Å². The fourth-order valence-electron chi connectivity index (χ4n) is 1.88. The van der Waals surface area contributed by atoms with Gasteiger partial charge in [0.15, 0.2) is 0 Å². The Labute approximate surface area is 127 Å². The van der Waals surface area contributed by atoms with Gasteiger partial charge in [0.05, 0.1) is 9.95 Å². The van der Waals surface area contributed by atoms with Gasteiger partial charge in [0.2, 0.25) is 5.75 Å². The lowest BCUT2D eigenvalue weighted by molar-refractivity contribution is -0.385. The number of hydrogen-bond donors (Lipinski definition) is 1. The van der Waals surface area contributed by atoms with E-state index in [0.717, 1.165) is 11.1 Å². The number of rotatable bonds is 5. The molecule has 0 aromatic heterocycles. The molecule has 0 aliphatic rings. The topological polar surface area (TPSA) is 78.4 Å². The van der Waals surface area contributed by atoms with Crippen molar-refractivity contribution in [3.8, 4) is 11.5 Å². The number of halogens is 1. The van der Waals surface area contributed by atoms with Gasteiger partial charge in [0.25, 0.3) is 0 Å². The molecular formula is C15H15ClN2O3. The average molecular weight is 307 g/mol. The monoisotopic (exact) mass is 306 g/mol. The Hall–Kier alpha value is -2.11. The average Bonchev–Trinajstić information content (AvgIpc) is 2.49. The zero-order chi connectivity index (χ0) is 15.4. The van der Waals surface area contributed by atoms with Crippen LogP contribution < -0.4 is 10.5 Å². The first-order valence-corrected chi connectivity index (χ1v) is 6.86. The molecule has 0 bridgehead atoms. The minimum atomic E-state index is -0.462. The Balaban J connectivity index is 2.37. The molecule has 0 saturated carbocycles. The van der Waals surface area contributed by atoms with E-state index in [2.05, 4.69) is 0 Å². The van der Waals surface area contributed by atoms with E-state index in [0.29, 0.717) is 23.7 Å². The van der Waals surface area contributed by atoms with Crippen LogP contribution in [0.15, 0.2) is 36.4 Å². The zero-order valence-corrected chi connectivity index (χ0v) is 12.3. The van der Waals surface area contributed by atoms with Gasteiger partial charge < -0.3 is 10.5 Å². The van der Waals surface area contributed by atoms with Gasteiger partial charge in [-0.15, -0.1) is 0 Å². The van der Waals surface area contributed by atoms with Crippen molar-refractivity contribution in [2.24, 2.45) is 5.73 Å². The number of nitrogens with two attached hydrogens (primary N) is 1. The first-order valence-electron chi connectivity index (χ1n) is 6.48. The van der Waals surface area contributed by atoms with Crippen molar-refractivity contribution in [1.29, 1.82) is 0 Å². The Morgan fingerprint density at radius 3 is 2.43 bits per heavy atom. The van der Waals surface area contributed by atoms with E-state index in [1.54, 1.807) is 30.3 Å². The molecule has 0 fully saturated rings. The molecule has 2 aromatic rings. The van der Waals surface area contributed by atoms with E-state index in [4.69, 9.17) is 22.1 Å². The van der Waals surface area contributed by atoms with Gasteiger partial charge >= 0.3 is 5.69 Å². The van der Waals surface area contributed by atoms with Gasteiger partial charge in [-0.1, -0.05) is 30.7 Å². The van der Waals surface area contributed by atoms with Crippen molar-refractivity contribution in [3.05, 3.63) is 62.7 Å². The molecule has 2 rings (SSSR count). The van der Waals surface area contributed by atoms with E-state index in [1.165, 1.54) is 6.07 Å². The number of nitro benzene ring substituents is 1. The molecule has 0 atom stereocenters. The van der Waals surface area contributed by atoms with Gasteiger partial charge in [-0.3, -0.25) is 10.1 Å². The summed E-state index contributed by atoms with van der Waals surface area (Å²) in [7, 11) is 0. The Morgan fingerprint density at radius 2 is 1.86 bits per heavy atom. The van der Waals surface area contributed by atoms with E-state index >= 15 is 0 Å². The molecular weight excluding hydrogens is 292 g/mol. The second-order valence-electron chi connectivity index (χ2n) is 4.48. The van der Waals surface area contributed by atoms with Crippen LogP contribution in [0.2, 0.25) is 5.02 Å². The quantitative estimate of drug-likeness (QED) is 0.667. The predicted molar refractivity (Wildman–Crippen MR) is 81.9 cm³/mol. The Morgan fingerprint density at radius 1 is 1.19 bits per heavy atom. The van der Waals surface area contributed by atoms with E-state index in [1.807, 2.05) is 6.92 Å². The number of aryl methyl sites for hydroxylation is 1. The molecule has 0 saturated heterocycles. The number of hydrogen-bond acceptors (Lipinski definition) is 4. The fourth-order valence-corrected chi connectivity index (χ4v) is 2.13. The number of benzene rings is 2. The maximum atomic E-state index is 11.1. The van der Waals surface area contributed by atoms with Gasteiger partial charge in [0.1, 0.15) is 5.75 Å². The second kappa shape index (κ2) is 6.56. The van der Waals surface area contributed by atoms with Crippen molar-refractivity contribution in [3.63, 3.8) is 0 Å². The van der Waals surface area contributed by atoms with E-state index in [-0.39, 0.29) is 11.4 Å². The molecule has 5 nitrogen and oxygen atoms in total. The van der Waals surface area contributed by atoms with Crippen LogP contribution in [0.25, 0.3) is 0 Å². The molecule has 2 aromatic carbocycles. The summed E-state index contributed by atoms with van der Waals surface area (Å²) in [6, 6.07) is 10.0. The molecule has 0 amide bonds. The number of nitro groups is 1. The predicted octanol–water partition coefficient (Wildman–Crippen LogP) is 4.06. The van der Waals surface area contributed by atoms with Gasteiger partial charge in [0, 0.05) is 12.6 Å². The lowest BCUT2D eigenvalue weighted by Crippen LogP contribution is -1.98. The number of nitrogens with zero attached hydrogens (tertiary/aromatic N) is 1. The summed E-state index contributed by atoms with van der Waals surface area (Å²) in [6.45, 7) is 2.30. The van der Waals surface area contributed by atoms with Crippen molar-refractivity contribution in [2.75, 3.05) is 0 Å². The summed E-state index contributed by atoms with van der Waals surface area (Å²) in [5.41, 5.74) is 7.19. The Kier molecular flexibility index (Phi) is 4.77. The van der Waals surface area contributed by atoms with Crippen molar-refractivity contribution < 1.29 is 9.66 Å². The SMILES string of the molecule is CCc1ccc(Oc2ccc(CN)cc2Cl)c([N+](=O)[O-])c1. The smallest absolute Gasteiger partial charge is 0.311 e. The normalized spacial score (nSPS) is 10.4. The fraction of sp³-hybridized carbons (Fsp3) is 0.200. The largest absolute Gasteiger partial charge is 0.449 e. The van der Waals surface area contributed by atoms with Crippen LogP contribution in [0.5, 0.6) is 11.5 Å². The highest BCUT2D eigenvalue weighted by Crippen LogP contribution is 2.35. The molecule has 6 heteroatoms. The van der Waals surface area contributed by atoms with Gasteiger partial charge in [-0.2, -0.15) is 0 Å². The summed E-state index contributed by atoms with van der Waals surface area (Å²) >= 11 is 6.10. The van der Waals surface area contributed by atoms with Gasteiger partial charge in [-0.05, 0) is 35.7 Å². The third-order valence-corrected chi connectivity index (χ3v) is 3.38. The van der Waals surface area contributed by atoms with Crippen LogP contribution in [0.3, 0.4) is 0 Å². The zero-order valence-electron chi connectivity index (χ0n) is 11.5. The highest BCUT2D eigenvalue weighted by atomic mass is 35.5. The van der Waals surface area contributed by atoms with Crippen LogP contribution in [0.1, 0.15) is 18.1 Å². The standard InChI is InChI=1S/C15H15ClN2O3/c1-2-10-3-6-15(13(8-10)18(19)20)21-14-5-4-11(9-17)7-12(14)16/h3-8H,2,9,17H2,1H3. The summed E-state index contributed by atoms with van der Waals surface area (Å²) < 4.78 is 5.59. The van der Waals surface area contributed by atoms with Crippen LogP contribution in [-0.2, 0) is 13.0 Å². The minimum absolute atomic E-state index is 0.0756. The molecule has 0 spiro atoms. The van der Waals surface area contributed by atoms with Crippen molar-refractivity contribution in [1.82, 2.24) is 0 Å². The summed E-state index contributed by atoms with van der Waals surface area (Å²) in [6.07, 6.45) is 0.715.